The predicted octanol–water partition coefficient (Wildman–Crippen LogP) is 4.11. The lowest BCUT2D eigenvalue weighted by Crippen LogP contribution is -2.06. The summed E-state index contributed by atoms with van der Waals surface area (Å²) in [5.41, 5.74) is 1.19. The number of thiazole rings is 1. The molecular formula is C11H18BrNS. The van der Waals surface area contributed by atoms with Crippen molar-refractivity contribution in [2.45, 2.75) is 45.4 Å². The minimum Gasteiger partial charge on any atom is -0.246 e. The second kappa shape index (κ2) is 5.26. The maximum Gasteiger partial charge on any atom is 0.0942 e. The van der Waals surface area contributed by atoms with Gasteiger partial charge in [-0.15, -0.1) is 11.3 Å². The van der Waals surface area contributed by atoms with Crippen LogP contribution in [0.2, 0.25) is 0 Å². The average molecular weight is 276 g/mol. The van der Waals surface area contributed by atoms with E-state index in [1.807, 2.05) is 11.3 Å². The number of halogens is 1. The number of aromatic nitrogens is 1. The van der Waals surface area contributed by atoms with Crippen LogP contribution < -0.4 is 0 Å². The monoisotopic (exact) mass is 275 g/mol. The Morgan fingerprint density at radius 2 is 2.00 bits per heavy atom. The van der Waals surface area contributed by atoms with Crippen LogP contribution in [-0.2, 0) is 6.42 Å². The van der Waals surface area contributed by atoms with Crippen molar-refractivity contribution in [3.05, 3.63) is 15.6 Å². The van der Waals surface area contributed by atoms with E-state index < -0.39 is 0 Å². The molecule has 0 aromatic carbocycles. The van der Waals surface area contributed by atoms with Crippen molar-refractivity contribution in [3.63, 3.8) is 0 Å². The molecule has 0 amide bonds. The highest BCUT2D eigenvalue weighted by Crippen LogP contribution is 2.22. The predicted molar refractivity (Wildman–Crippen MR) is 67.5 cm³/mol. The first-order valence-electron chi connectivity index (χ1n) is 5.06. The quantitative estimate of drug-likeness (QED) is 0.754. The van der Waals surface area contributed by atoms with Gasteiger partial charge in [-0.3, -0.25) is 0 Å². The molecular weight excluding hydrogens is 258 g/mol. The lowest BCUT2D eigenvalue weighted by molar-refractivity contribution is 0.570. The summed E-state index contributed by atoms with van der Waals surface area (Å²) in [6.45, 7) is 8.74. The molecule has 0 saturated heterocycles. The smallest absolute Gasteiger partial charge is 0.0942 e. The summed E-state index contributed by atoms with van der Waals surface area (Å²) in [7, 11) is 0. The third-order valence-corrected chi connectivity index (χ3v) is 3.99. The molecule has 0 aliphatic carbocycles. The minimum absolute atomic E-state index is 0.576. The van der Waals surface area contributed by atoms with Crippen molar-refractivity contribution in [2.75, 3.05) is 0 Å². The number of alkyl halides is 1. The van der Waals surface area contributed by atoms with Crippen LogP contribution in [0.1, 0.15) is 35.8 Å². The Hall–Kier alpha value is 0.110. The molecule has 14 heavy (non-hydrogen) atoms. The van der Waals surface area contributed by atoms with Gasteiger partial charge in [0, 0.05) is 16.1 Å². The summed E-state index contributed by atoms with van der Waals surface area (Å²) < 4.78 is 0. The molecule has 0 N–H and O–H groups in total. The fourth-order valence-corrected chi connectivity index (χ4v) is 3.69. The Morgan fingerprint density at radius 3 is 2.43 bits per heavy atom. The first-order chi connectivity index (χ1) is 6.49. The number of nitrogens with zero attached hydrogens (tertiary/aromatic N) is 1. The van der Waals surface area contributed by atoms with E-state index in [1.54, 1.807) is 0 Å². The minimum atomic E-state index is 0.576. The summed E-state index contributed by atoms with van der Waals surface area (Å²) in [6.07, 6.45) is 2.29. The molecule has 0 fully saturated rings. The molecule has 0 spiro atoms. The van der Waals surface area contributed by atoms with Crippen LogP contribution in [0.4, 0.5) is 0 Å². The first kappa shape index (κ1) is 12.2. The summed E-state index contributed by atoms with van der Waals surface area (Å²) in [4.78, 5) is 6.47. The van der Waals surface area contributed by atoms with E-state index in [0.29, 0.717) is 4.83 Å². The van der Waals surface area contributed by atoms with Gasteiger partial charge in [0.2, 0.25) is 0 Å². The summed E-state index contributed by atoms with van der Waals surface area (Å²) >= 11 is 5.54. The molecule has 1 heterocycles. The first-order valence-corrected chi connectivity index (χ1v) is 6.79. The van der Waals surface area contributed by atoms with Crippen LogP contribution >= 0.6 is 27.3 Å². The zero-order chi connectivity index (χ0) is 10.7. The van der Waals surface area contributed by atoms with E-state index >= 15 is 0 Å². The summed E-state index contributed by atoms with van der Waals surface area (Å²) in [6, 6.07) is 0. The highest BCUT2D eigenvalue weighted by atomic mass is 79.9. The molecule has 80 valence electrons. The summed E-state index contributed by atoms with van der Waals surface area (Å²) in [5, 5.41) is 1.27. The molecule has 1 atom stereocenters. The third-order valence-electron chi connectivity index (χ3n) is 2.20. The van der Waals surface area contributed by atoms with Gasteiger partial charge in [-0.25, -0.2) is 4.98 Å². The molecule has 0 bridgehead atoms. The largest absolute Gasteiger partial charge is 0.246 e. The molecule has 0 radical (unpaired) electrons. The van der Waals surface area contributed by atoms with Crippen molar-refractivity contribution in [1.29, 1.82) is 0 Å². The normalized spacial score (nSPS) is 13.6. The zero-order valence-electron chi connectivity index (χ0n) is 9.30. The highest BCUT2D eigenvalue weighted by Gasteiger charge is 2.11. The zero-order valence-corrected chi connectivity index (χ0v) is 11.7. The van der Waals surface area contributed by atoms with Gasteiger partial charge >= 0.3 is 0 Å². The fraction of sp³-hybridized carbons (Fsp3) is 0.727. The Bertz CT molecular complexity index is 274. The van der Waals surface area contributed by atoms with E-state index in [9.17, 15) is 0 Å². The molecule has 1 nitrogen and oxygen atoms in total. The van der Waals surface area contributed by atoms with E-state index in [4.69, 9.17) is 0 Å². The van der Waals surface area contributed by atoms with E-state index in [1.165, 1.54) is 22.0 Å². The van der Waals surface area contributed by atoms with Crippen molar-refractivity contribution < 1.29 is 0 Å². The highest BCUT2D eigenvalue weighted by molar-refractivity contribution is 9.09. The van der Waals surface area contributed by atoms with Crippen molar-refractivity contribution in [1.82, 2.24) is 4.98 Å². The van der Waals surface area contributed by atoms with E-state index in [-0.39, 0.29) is 0 Å². The third kappa shape index (κ3) is 3.70. The van der Waals surface area contributed by atoms with Crippen LogP contribution in [0.15, 0.2) is 0 Å². The lowest BCUT2D eigenvalue weighted by atomic mass is 10.1. The Morgan fingerprint density at radius 1 is 1.36 bits per heavy atom. The van der Waals surface area contributed by atoms with Crippen LogP contribution in [0.25, 0.3) is 0 Å². The average Bonchev–Trinajstić information content (AvgIpc) is 2.28. The van der Waals surface area contributed by atoms with Gasteiger partial charge in [0.25, 0.3) is 0 Å². The standard InChI is InChI=1S/C11H18BrNS/c1-7(2)5-10(12)6-11-13-8(3)9(4)14-11/h7,10H,5-6H2,1-4H3. The fourth-order valence-electron chi connectivity index (χ4n) is 1.41. The van der Waals surface area contributed by atoms with Crippen molar-refractivity contribution in [3.8, 4) is 0 Å². The van der Waals surface area contributed by atoms with Gasteiger partial charge in [0.1, 0.15) is 0 Å². The Kier molecular flexibility index (Phi) is 4.58. The van der Waals surface area contributed by atoms with Gasteiger partial charge in [-0.05, 0) is 26.2 Å². The van der Waals surface area contributed by atoms with Crippen LogP contribution in [-0.4, -0.2) is 9.81 Å². The second-order valence-electron chi connectivity index (χ2n) is 4.18. The molecule has 1 aromatic rings. The molecule has 1 unspecified atom stereocenters. The lowest BCUT2D eigenvalue weighted by Gasteiger charge is -2.09. The number of hydrogen-bond acceptors (Lipinski definition) is 2. The van der Waals surface area contributed by atoms with Gasteiger partial charge < -0.3 is 0 Å². The summed E-state index contributed by atoms with van der Waals surface area (Å²) in [5.74, 6) is 0.751. The van der Waals surface area contributed by atoms with Gasteiger partial charge in [0.05, 0.1) is 10.7 Å². The van der Waals surface area contributed by atoms with Crippen LogP contribution in [0.5, 0.6) is 0 Å². The topological polar surface area (TPSA) is 12.9 Å². The van der Waals surface area contributed by atoms with E-state index in [2.05, 4.69) is 48.6 Å². The molecule has 0 aliphatic rings. The van der Waals surface area contributed by atoms with Gasteiger partial charge in [-0.2, -0.15) is 0 Å². The maximum atomic E-state index is 4.55. The second-order valence-corrected chi connectivity index (χ2v) is 6.76. The van der Waals surface area contributed by atoms with Crippen LogP contribution in [0, 0.1) is 19.8 Å². The molecule has 3 heteroatoms. The van der Waals surface area contributed by atoms with Gasteiger partial charge in [0.15, 0.2) is 0 Å². The number of aryl methyl sites for hydroxylation is 2. The molecule has 0 saturated carbocycles. The number of rotatable bonds is 4. The Labute approximate surface area is 99.1 Å². The Balaban J connectivity index is 2.51. The SMILES string of the molecule is Cc1nc(CC(Br)CC(C)C)sc1C. The van der Waals surface area contributed by atoms with Crippen molar-refractivity contribution >= 4 is 27.3 Å². The maximum absolute atomic E-state index is 4.55. The molecule has 1 rings (SSSR count). The van der Waals surface area contributed by atoms with Crippen molar-refractivity contribution in [2.24, 2.45) is 5.92 Å². The van der Waals surface area contributed by atoms with E-state index in [0.717, 1.165) is 12.3 Å². The number of hydrogen-bond donors (Lipinski definition) is 0. The van der Waals surface area contributed by atoms with Gasteiger partial charge in [-0.1, -0.05) is 29.8 Å². The molecule has 0 aliphatic heterocycles. The molecule has 1 aromatic heterocycles. The van der Waals surface area contributed by atoms with Crippen LogP contribution in [0.3, 0.4) is 0 Å².